The molecule has 1 saturated heterocycles. The molecule has 422 valence electrons. The zero-order valence-electron chi connectivity index (χ0n) is 45.4. The molecule has 0 bridgehead atoms. The van der Waals surface area contributed by atoms with Gasteiger partial charge in [0.15, 0.2) is 0 Å². The summed E-state index contributed by atoms with van der Waals surface area (Å²) in [6.45, 7) is 13.3. The second kappa shape index (κ2) is 28.3. The molecule has 0 aliphatic carbocycles. The highest BCUT2D eigenvalue weighted by Crippen LogP contribution is 2.41. The van der Waals surface area contributed by atoms with Crippen molar-refractivity contribution in [2.24, 2.45) is 22.5 Å². The number of carbonyl (C=O) groups is 9. The Hall–Kier alpha value is -7.07. The molecule has 8 amide bonds. The first-order valence-corrected chi connectivity index (χ1v) is 26.0. The summed E-state index contributed by atoms with van der Waals surface area (Å²) in [5, 5.41) is 32.7. The number of benzene rings is 2. The number of amides is 8. The van der Waals surface area contributed by atoms with Gasteiger partial charge in [-0.25, -0.2) is 13.6 Å². The van der Waals surface area contributed by atoms with Gasteiger partial charge >= 0.3 is 5.97 Å². The van der Waals surface area contributed by atoms with Gasteiger partial charge in [-0.3, -0.25) is 43.3 Å². The van der Waals surface area contributed by atoms with Crippen molar-refractivity contribution in [3.05, 3.63) is 83.7 Å². The number of rotatable bonds is 29. The Balaban J connectivity index is 1.25. The highest BCUT2D eigenvalue weighted by atomic mass is 19.1. The normalized spacial score (nSPS) is 15.3. The van der Waals surface area contributed by atoms with Crippen LogP contribution in [-0.4, -0.2) is 135 Å². The van der Waals surface area contributed by atoms with E-state index in [-0.39, 0.29) is 81.6 Å². The number of unbranched alkanes of at least 4 members (excludes halogenated alkanes) is 2. The number of carboxylic acid groups (broad SMARTS) is 1. The molecule has 1 unspecified atom stereocenters. The van der Waals surface area contributed by atoms with Gasteiger partial charge in [0, 0.05) is 75.0 Å². The summed E-state index contributed by atoms with van der Waals surface area (Å²) in [6.07, 6.45) is 2.73. The van der Waals surface area contributed by atoms with Crippen LogP contribution in [0.1, 0.15) is 124 Å². The second-order valence-corrected chi connectivity index (χ2v) is 21.6. The third-order valence-corrected chi connectivity index (χ3v) is 13.3. The maximum Gasteiger partial charge on any atom is 0.326 e. The fourth-order valence-corrected chi connectivity index (χ4v) is 9.08. The van der Waals surface area contributed by atoms with E-state index in [0.717, 1.165) is 23.8 Å². The van der Waals surface area contributed by atoms with E-state index in [4.69, 9.17) is 5.73 Å². The second-order valence-electron chi connectivity index (χ2n) is 21.6. The van der Waals surface area contributed by atoms with E-state index < -0.39 is 101 Å². The van der Waals surface area contributed by atoms with Gasteiger partial charge in [-0.1, -0.05) is 85.2 Å². The SMILES string of the molecule is CC(C)C(NC(=O)CCCCCN1C(=O)CC(C)(C)C1=O)C(=O)N[C@@H](C)C(=O)N[C@@H](CCC(=O)NCCNC(=O)[C@@H](N)CCN(C(=O)CO)[C@@H](c1cc(-c2cc(F)ccc2F)cn1Cc1ccccc1)C(C)(C)C)C(=O)O. The number of nitrogens with zero attached hydrogens (tertiary/aromatic N) is 3. The number of aromatic nitrogens is 1. The smallest absolute Gasteiger partial charge is 0.326 e. The van der Waals surface area contributed by atoms with Crippen molar-refractivity contribution in [1.82, 2.24) is 41.0 Å². The molecule has 77 heavy (non-hydrogen) atoms. The molecule has 1 aliphatic rings. The standard InChI is InChI=1S/C55H77F2N9O11/c1-33(2)47(63-44(69)17-13-10-14-25-66-45(70)29-55(7,8)53(66)77)51(74)61-34(3)49(72)62-41(52(75)76)20-21-43(68)59-23-24-60-50(73)40(58)22-26-65(46(71)32-67)48(54(4,5)6)42-27-36(38-28-37(56)18-19-39(38)57)31-64(42)30-35-15-11-9-12-16-35/h9,11-12,15-16,18-19,27-28,31,33-34,40-41,47-48,67H,10,13-14,17,20-26,29-30,32,58H2,1-8H3,(H,59,68)(H,60,73)(H,61,74)(H,62,72)(H,63,69)(H,75,76)/t34-,40-,41-,47?,48-/m0/s1. The van der Waals surface area contributed by atoms with E-state index in [1.165, 1.54) is 16.7 Å². The topological polar surface area (TPSA) is 292 Å². The molecule has 1 fully saturated rings. The van der Waals surface area contributed by atoms with Gasteiger partial charge in [0.1, 0.15) is 36.4 Å². The largest absolute Gasteiger partial charge is 0.480 e. The molecule has 0 spiro atoms. The Labute approximate surface area is 448 Å². The van der Waals surface area contributed by atoms with Crippen LogP contribution < -0.4 is 32.3 Å². The number of imide groups is 1. The van der Waals surface area contributed by atoms with Crippen molar-refractivity contribution in [1.29, 1.82) is 0 Å². The molecule has 22 heteroatoms. The van der Waals surface area contributed by atoms with Crippen molar-refractivity contribution in [3.8, 4) is 11.1 Å². The summed E-state index contributed by atoms with van der Waals surface area (Å²) in [6, 6.07) is 8.55. The van der Waals surface area contributed by atoms with Crippen LogP contribution in [-0.2, 0) is 49.7 Å². The minimum atomic E-state index is -1.51. The summed E-state index contributed by atoms with van der Waals surface area (Å²) in [4.78, 5) is 118. The molecule has 2 aromatic carbocycles. The van der Waals surface area contributed by atoms with Crippen LogP contribution in [0.25, 0.3) is 11.1 Å². The van der Waals surface area contributed by atoms with E-state index in [9.17, 15) is 57.8 Å². The van der Waals surface area contributed by atoms with Crippen LogP contribution in [0.4, 0.5) is 8.78 Å². The molecule has 0 radical (unpaired) electrons. The summed E-state index contributed by atoms with van der Waals surface area (Å²) in [7, 11) is 0. The summed E-state index contributed by atoms with van der Waals surface area (Å²) >= 11 is 0. The Kier molecular flexibility index (Phi) is 23.0. The van der Waals surface area contributed by atoms with E-state index in [0.29, 0.717) is 37.1 Å². The maximum atomic E-state index is 15.1. The van der Waals surface area contributed by atoms with Gasteiger partial charge < -0.3 is 52.0 Å². The molecule has 2 heterocycles. The van der Waals surface area contributed by atoms with Crippen molar-refractivity contribution in [3.63, 3.8) is 0 Å². The molecule has 1 aromatic heterocycles. The fourth-order valence-electron chi connectivity index (χ4n) is 9.08. The molecule has 9 N–H and O–H groups in total. The van der Waals surface area contributed by atoms with Gasteiger partial charge in [-0.15, -0.1) is 0 Å². The van der Waals surface area contributed by atoms with Gasteiger partial charge in [-0.2, -0.15) is 0 Å². The number of hydrogen-bond acceptors (Lipinski definition) is 11. The van der Waals surface area contributed by atoms with Crippen LogP contribution >= 0.6 is 0 Å². The molecule has 3 aromatic rings. The number of carbonyl (C=O) groups excluding carboxylic acids is 8. The van der Waals surface area contributed by atoms with E-state index in [1.807, 2.05) is 55.7 Å². The lowest BCUT2D eigenvalue weighted by molar-refractivity contribution is -0.143. The number of aliphatic hydroxyl groups excluding tert-OH is 1. The Morgan fingerprint density at radius 3 is 2.10 bits per heavy atom. The number of nitrogens with one attached hydrogen (secondary N) is 5. The van der Waals surface area contributed by atoms with Gasteiger partial charge in [0.05, 0.1) is 17.5 Å². The lowest BCUT2D eigenvalue weighted by Gasteiger charge is -2.41. The number of aliphatic carboxylic acids is 1. The Morgan fingerprint density at radius 2 is 1.49 bits per heavy atom. The number of carboxylic acids is 1. The summed E-state index contributed by atoms with van der Waals surface area (Å²) in [5.74, 6) is -7.31. The minimum Gasteiger partial charge on any atom is -0.480 e. The zero-order chi connectivity index (χ0) is 57.4. The number of aliphatic hydroxyl groups is 1. The average molecular weight is 1080 g/mol. The zero-order valence-corrected chi connectivity index (χ0v) is 45.4. The quantitative estimate of drug-likeness (QED) is 0.0365. The first kappa shape index (κ1) is 62.5. The van der Waals surface area contributed by atoms with E-state index >= 15 is 4.39 Å². The number of likely N-dealkylation sites (tertiary alicyclic amines) is 1. The highest BCUT2D eigenvalue weighted by molar-refractivity contribution is 6.05. The summed E-state index contributed by atoms with van der Waals surface area (Å²) < 4.78 is 31.4. The first-order valence-electron chi connectivity index (χ1n) is 26.0. The van der Waals surface area contributed by atoms with Crippen LogP contribution in [0.15, 0.2) is 60.8 Å². The monoisotopic (exact) mass is 1080 g/mol. The predicted molar refractivity (Wildman–Crippen MR) is 282 cm³/mol. The molecule has 0 saturated carbocycles. The van der Waals surface area contributed by atoms with Crippen molar-refractivity contribution in [2.75, 3.05) is 32.8 Å². The predicted octanol–water partition coefficient (Wildman–Crippen LogP) is 3.68. The Bertz CT molecular complexity index is 2580. The number of nitrogens with two attached hydrogens (primary N) is 1. The third kappa shape index (κ3) is 18.3. The third-order valence-electron chi connectivity index (χ3n) is 13.3. The Morgan fingerprint density at radius 1 is 0.818 bits per heavy atom. The van der Waals surface area contributed by atoms with Crippen LogP contribution in [0, 0.1) is 28.4 Å². The average Bonchev–Trinajstić information content (AvgIpc) is 3.85. The molecule has 5 atom stereocenters. The summed E-state index contributed by atoms with van der Waals surface area (Å²) in [5.41, 5.74) is 6.71. The molecule has 4 rings (SSSR count). The van der Waals surface area contributed by atoms with Crippen molar-refractivity contribution >= 4 is 53.2 Å². The van der Waals surface area contributed by atoms with Crippen LogP contribution in [0.5, 0.6) is 0 Å². The minimum absolute atomic E-state index is 0.0191. The molecular formula is C55H77F2N9O11. The van der Waals surface area contributed by atoms with Gasteiger partial charge in [0.2, 0.25) is 47.3 Å². The highest BCUT2D eigenvalue weighted by Gasteiger charge is 2.44. The molecular weight excluding hydrogens is 1000 g/mol. The first-order chi connectivity index (χ1) is 36.1. The van der Waals surface area contributed by atoms with Crippen molar-refractivity contribution < 1.29 is 62.1 Å². The molecule has 1 aliphatic heterocycles. The van der Waals surface area contributed by atoms with Crippen LogP contribution in [0.2, 0.25) is 0 Å². The fraction of sp³-hybridized carbons (Fsp3) is 0.545. The van der Waals surface area contributed by atoms with Crippen molar-refractivity contribution in [2.45, 2.75) is 144 Å². The van der Waals surface area contributed by atoms with Gasteiger partial charge in [-0.05, 0) is 73.8 Å². The lowest BCUT2D eigenvalue weighted by atomic mass is 9.82. The number of hydrogen-bond donors (Lipinski definition) is 8. The van der Waals surface area contributed by atoms with Crippen LogP contribution in [0.3, 0.4) is 0 Å². The van der Waals surface area contributed by atoms with E-state index in [1.54, 1.807) is 40.0 Å². The van der Waals surface area contributed by atoms with E-state index in [2.05, 4.69) is 26.6 Å². The lowest BCUT2D eigenvalue weighted by Crippen LogP contribution is -2.56. The maximum absolute atomic E-state index is 15.1. The van der Waals surface area contributed by atoms with Gasteiger partial charge in [0.25, 0.3) is 0 Å². The number of halogens is 2. The molecule has 20 nitrogen and oxygen atoms in total.